The van der Waals surface area contributed by atoms with E-state index in [0.29, 0.717) is 12.0 Å². The zero-order chi connectivity index (χ0) is 17.4. The molecule has 138 valence electrons. The molecule has 0 bridgehead atoms. The van der Waals surface area contributed by atoms with Gasteiger partial charge < -0.3 is 25.5 Å². The largest absolute Gasteiger partial charge is 0.396 e. The number of anilines is 3. The Kier molecular flexibility index (Phi) is 4.45. The van der Waals surface area contributed by atoms with Gasteiger partial charge in [-0.15, -0.1) is 0 Å². The maximum Gasteiger partial charge on any atom is 0.223 e. The van der Waals surface area contributed by atoms with Crippen molar-refractivity contribution in [3.8, 4) is 0 Å². The van der Waals surface area contributed by atoms with Crippen molar-refractivity contribution >= 4 is 17.6 Å². The summed E-state index contributed by atoms with van der Waals surface area (Å²) < 4.78 is 0. The number of aliphatic hydroxyl groups excluding tert-OH is 1. The van der Waals surface area contributed by atoms with Crippen LogP contribution in [0.25, 0.3) is 0 Å². The maximum atomic E-state index is 10.1. The van der Waals surface area contributed by atoms with Crippen LogP contribution in [-0.2, 0) is 0 Å². The normalized spacial score (nSPS) is 30.6. The Bertz CT molecular complexity index is 620. The van der Waals surface area contributed by atoms with Crippen LogP contribution >= 0.6 is 0 Å². The Balaban J connectivity index is 1.58. The molecule has 3 N–H and O–H groups in total. The molecule has 3 saturated heterocycles. The molecule has 0 amide bonds. The predicted molar refractivity (Wildman–Crippen MR) is 99.9 cm³/mol. The second-order valence-corrected chi connectivity index (χ2v) is 7.95. The van der Waals surface area contributed by atoms with Gasteiger partial charge in [0.2, 0.25) is 5.95 Å². The van der Waals surface area contributed by atoms with Gasteiger partial charge in [-0.25, -0.2) is 0 Å². The third kappa shape index (κ3) is 3.04. The highest BCUT2D eigenvalue weighted by Crippen LogP contribution is 2.42. The second-order valence-electron chi connectivity index (χ2n) is 7.95. The van der Waals surface area contributed by atoms with Crippen molar-refractivity contribution in [2.45, 2.75) is 38.1 Å². The second kappa shape index (κ2) is 6.61. The molecule has 0 unspecified atom stereocenters. The first kappa shape index (κ1) is 16.8. The van der Waals surface area contributed by atoms with Crippen molar-refractivity contribution < 1.29 is 5.11 Å². The SMILES string of the molecule is CN1CCC[C@]2(CO)CCN(c3cc(N4CCCC4)nc(N)n3)C[C@@H]12. The topological polar surface area (TPSA) is 81.8 Å². The third-order valence-electron chi connectivity index (χ3n) is 6.48. The van der Waals surface area contributed by atoms with Gasteiger partial charge in [0.05, 0.1) is 6.61 Å². The number of aromatic nitrogens is 2. The van der Waals surface area contributed by atoms with Crippen molar-refractivity contribution in [2.75, 3.05) is 61.9 Å². The van der Waals surface area contributed by atoms with Crippen LogP contribution < -0.4 is 15.5 Å². The molecule has 7 nitrogen and oxygen atoms in total. The fourth-order valence-electron chi connectivity index (χ4n) is 4.93. The van der Waals surface area contributed by atoms with Gasteiger partial charge in [0, 0.05) is 43.7 Å². The van der Waals surface area contributed by atoms with Gasteiger partial charge in [0.15, 0.2) is 0 Å². The fourth-order valence-corrected chi connectivity index (χ4v) is 4.93. The summed E-state index contributed by atoms with van der Waals surface area (Å²) in [6, 6.07) is 2.46. The molecular formula is C18H30N6O. The molecule has 1 aromatic heterocycles. The Morgan fingerprint density at radius 3 is 2.52 bits per heavy atom. The van der Waals surface area contributed by atoms with Crippen LogP contribution in [-0.4, -0.2) is 72.4 Å². The van der Waals surface area contributed by atoms with Crippen LogP contribution in [0.4, 0.5) is 17.6 Å². The first-order chi connectivity index (χ1) is 12.1. The van der Waals surface area contributed by atoms with Crippen LogP contribution in [0.5, 0.6) is 0 Å². The number of nitrogens with two attached hydrogens (primary N) is 1. The highest BCUT2D eigenvalue weighted by atomic mass is 16.3. The van der Waals surface area contributed by atoms with Crippen LogP contribution in [0.15, 0.2) is 6.07 Å². The van der Waals surface area contributed by atoms with Crippen molar-refractivity contribution in [1.29, 1.82) is 0 Å². The minimum Gasteiger partial charge on any atom is -0.396 e. The number of likely N-dealkylation sites (N-methyl/N-ethyl adjacent to an activating group) is 1. The molecule has 0 spiro atoms. The minimum atomic E-state index is 0.0415. The van der Waals surface area contributed by atoms with Crippen LogP contribution in [0.2, 0.25) is 0 Å². The Morgan fingerprint density at radius 2 is 1.80 bits per heavy atom. The zero-order valence-electron chi connectivity index (χ0n) is 15.2. The van der Waals surface area contributed by atoms with E-state index in [4.69, 9.17) is 5.73 Å². The summed E-state index contributed by atoms with van der Waals surface area (Å²) in [4.78, 5) is 16.0. The van der Waals surface area contributed by atoms with E-state index in [1.165, 1.54) is 19.3 Å². The molecule has 3 fully saturated rings. The summed E-state index contributed by atoms with van der Waals surface area (Å²) in [6.07, 6.45) is 5.73. The first-order valence-electron chi connectivity index (χ1n) is 9.57. The lowest BCUT2D eigenvalue weighted by Crippen LogP contribution is -2.61. The number of piperidine rings is 2. The van der Waals surface area contributed by atoms with Gasteiger partial charge in [0.25, 0.3) is 0 Å². The van der Waals surface area contributed by atoms with Crippen molar-refractivity contribution in [1.82, 2.24) is 14.9 Å². The number of nitrogens with zero attached hydrogens (tertiary/aromatic N) is 5. The number of aliphatic hydroxyl groups is 1. The van der Waals surface area contributed by atoms with Crippen LogP contribution in [0.1, 0.15) is 32.1 Å². The summed E-state index contributed by atoms with van der Waals surface area (Å²) in [5, 5.41) is 10.1. The number of nitrogen functional groups attached to an aromatic ring is 1. The highest BCUT2D eigenvalue weighted by molar-refractivity contribution is 5.55. The van der Waals surface area contributed by atoms with E-state index in [2.05, 4.69) is 37.8 Å². The molecule has 0 radical (unpaired) electrons. The van der Waals surface area contributed by atoms with Gasteiger partial charge >= 0.3 is 0 Å². The summed E-state index contributed by atoms with van der Waals surface area (Å²) in [7, 11) is 2.18. The standard InChI is InChI=1S/C18H30N6O/c1-22-7-4-5-18(13-25)6-10-24(12-14(18)22)16-11-15(20-17(19)21-16)23-8-2-3-9-23/h11,14,25H,2-10,12-13H2,1H3,(H2,19,20,21)/t14-,18-/m1/s1. The number of rotatable bonds is 3. The van der Waals surface area contributed by atoms with Gasteiger partial charge in [-0.3, -0.25) is 0 Å². The summed E-state index contributed by atoms with van der Waals surface area (Å²) in [5.74, 6) is 2.24. The quantitative estimate of drug-likeness (QED) is 0.843. The molecule has 0 saturated carbocycles. The predicted octanol–water partition coefficient (Wildman–Crippen LogP) is 0.942. The molecule has 3 aliphatic heterocycles. The molecule has 7 heteroatoms. The number of fused-ring (bicyclic) bond motifs is 1. The van der Waals surface area contributed by atoms with E-state index in [1.807, 2.05) is 0 Å². The molecule has 2 atom stereocenters. The number of hydrogen-bond donors (Lipinski definition) is 2. The van der Waals surface area contributed by atoms with Crippen LogP contribution in [0, 0.1) is 5.41 Å². The average Bonchev–Trinajstić information content (AvgIpc) is 3.16. The average molecular weight is 346 g/mol. The van der Waals surface area contributed by atoms with E-state index >= 15 is 0 Å². The molecule has 3 aliphatic rings. The molecule has 4 heterocycles. The molecule has 0 aliphatic carbocycles. The lowest BCUT2D eigenvalue weighted by atomic mass is 9.69. The monoisotopic (exact) mass is 346 g/mol. The molecule has 4 rings (SSSR count). The third-order valence-corrected chi connectivity index (χ3v) is 6.48. The minimum absolute atomic E-state index is 0.0415. The Morgan fingerprint density at radius 1 is 1.08 bits per heavy atom. The maximum absolute atomic E-state index is 10.1. The lowest BCUT2D eigenvalue weighted by molar-refractivity contribution is -0.0277. The summed E-state index contributed by atoms with van der Waals surface area (Å²) in [6.45, 7) is 5.30. The molecular weight excluding hydrogens is 316 g/mol. The molecule has 0 aromatic carbocycles. The van der Waals surface area contributed by atoms with E-state index in [0.717, 1.165) is 57.2 Å². The summed E-state index contributed by atoms with van der Waals surface area (Å²) >= 11 is 0. The van der Waals surface area contributed by atoms with Crippen LogP contribution in [0.3, 0.4) is 0 Å². The van der Waals surface area contributed by atoms with Crippen molar-refractivity contribution in [2.24, 2.45) is 5.41 Å². The number of hydrogen-bond acceptors (Lipinski definition) is 7. The lowest BCUT2D eigenvalue weighted by Gasteiger charge is -2.53. The van der Waals surface area contributed by atoms with E-state index in [1.54, 1.807) is 0 Å². The van der Waals surface area contributed by atoms with E-state index < -0.39 is 0 Å². The zero-order valence-corrected chi connectivity index (χ0v) is 15.2. The van der Waals surface area contributed by atoms with Gasteiger partial charge in [-0.05, 0) is 45.7 Å². The molecule has 25 heavy (non-hydrogen) atoms. The Labute approximate surface area is 149 Å². The number of likely N-dealkylation sites (tertiary alicyclic amines) is 1. The smallest absolute Gasteiger partial charge is 0.223 e. The molecule has 1 aromatic rings. The van der Waals surface area contributed by atoms with E-state index in [9.17, 15) is 5.11 Å². The van der Waals surface area contributed by atoms with E-state index in [-0.39, 0.29) is 12.0 Å². The van der Waals surface area contributed by atoms with Gasteiger partial charge in [-0.1, -0.05) is 0 Å². The summed E-state index contributed by atoms with van der Waals surface area (Å²) in [5.41, 5.74) is 6.06. The van der Waals surface area contributed by atoms with Crippen molar-refractivity contribution in [3.05, 3.63) is 6.07 Å². The van der Waals surface area contributed by atoms with Gasteiger partial charge in [-0.2, -0.15) is 9.97 Å². The van der Waals surface area contributed by atoms with Crippen molar-refractivity contribution in [3.63, 3.8) is 0 Å². The highest BCUT2D eigenvalue weighted by Gasteiger charge is 2.46. The van der Waals surface area contributed by atoms with Gasteiger partial charge in [0.1, 0.15) is 11.6 Å². The fraction of sp³-hybridized carbons (Fsp3) is 0.778. The Hall–Kier alpha value is -1.60. The first-order valence-corrected chi connectivity index (χ1v) is 9.57.